The first-order valence-electron chi connectivity index (χ1n) is 8.56. The maximum Gasteiger partial charge on any atom is 0.407 e. The Kier molecular flexibility index (Phi) is 6.90. The topological polar surface area (TPSA) is 74.8 Å². The molecular formula is C18H28N4O2. The summed E-state index contributed by atoms with van der Waals surface area (Å²) in [5.74, 6) is 1.26. The zero-order valence-corrected chi connectivity index (χ0v) is 14.8. The van der Waals surface area contributed by atoms with Crippen LogP contribution in [0.25, 0.3) is 0 Å². The molecule has 6 heteroatoms. The lowest BCUT2D eigenvalue weighted by atomic mass is 10.1. The number of alkyl carbamates (subject to hydrolysis) is 1. The third kappa shape index (κ3) is 5.76. The van der Waals surface area contributed by atoms with Gasteiger partial charge in [0.25, 0.3) is 0 Å². The van der Waals surface area contributed by atoms with E-state index in [9.17, 15) is 4.79 Å². The predicted molar refractivity (Wildman–Crippen MR) is 96.1 cm³/mol. The zero-order chi connectivity index (χ0) is 17.4. The summed E-state index contributed by atoms with van der Waals surface area (Å²) in [6.45, 7) is 5.64. The fraction of sp³-hybridized carbons (Fsp3) is 0.556. The van der Waals surface area contributed by atoms with Crippen LogP contribution in [0.2, 0.25) is 0 Å². The van der Waals surface area contributed by atoms with E-state index in [0.29, 0.717) is 25.6 Å². The minimum atomic E-state index is -0.348. The van der Waals surface area contributed by atoms with Crippen molar-refractivity contribution in [1.82, 2.24) is 16.0 Å². The van der Waals surface area contributed by atoms with Crippen LogP contribution in [-0.2, 0) is 11.3 Å². The summed E-state index contributed by atoms with van der Waals surface area (Å²) in [6, 6.07) is 8.34. The number of aryl methyl sites for hydroxylation is 1. The summed E-state index contributed by atoms with van der Waals surface area (Å²) in [4.78, 5) is 15.9. The molecule has 0 radical (unpaired) electrons. The number of guanidine groups is 1. The second-order valence-corrected chi connectivity index (χ2v) is 6.04. The van der Waals surface area contributed by atoms with Crippen molar-refractivity contribution in [2.24, 2.45) is 10.9 Å². The van der Waals surface area contributed by atoms with Gasteiger partial charge >= 0.3 is 6.09 Å². The molecule has 1 unspecified atom stereocenters. The fourth-order valence-corrected chi connectivity index (χ4v) is 2.57. The van der Waals surface area contributed by atoms with E-state index >= 15 is 0 Å². The number of nitrogens with one attached hydrogen (secondary N) is 3. The number of benzene rings is 1. The van der Waals surface area contributed by atoms with Crippen LogP contribution in [0.3, 0.4) is 0 Å². The van der Waals surface area contributed by atoms with Gasteiger partial charge in [-0.1, -0.05) is 24.3 Å². The predicted octanol–water partition coefficient (Wildman–Crippen LogP) is 2.18. The SMILES string of the molecule is CCOC(=O)NC(CNC(=NC)NCc1ccccc1C)C1CC1. The summed E-state index contributed by atoms with van der Waals surface area (Å²) in [6.07, 6.45) is 1.95. The highest BCUT2D eigenvalue weighted by molar-refractivity contribution is 5.79. The third-order valence-electron chi connectivity index (χ3n) is 4.19. The highest BCUT2D eigenvalue weighted by atomic mass is 16.5. The van der Waals surface area contributed by atoms with Crippen LogP contribution in [0.4, 0.5) is 4.79 Å². The standard InChI is InChI=1S/C18H28N4O2/c1-4-24-18(23)22-16(14-9-10-14)12-21-17(19-3)20-11-15-8-6-5-7-13(15)2/h5-8,14,16H,4,9-12H2,1-3H3,(H,22,23)(H2,19,20,21). The van der Waals surface area contributed by atoms with E-state index in [0.717, 1.165) is 18.8 Å². The van der Waals surface area contributed by atoms with E-state index in [-0.39, 0.29) is 12.1 Å². The van der Waals surface area contributed by atoms with Gasteiger partial charge in [0.15, 0.2) is 5.96 Å². The Morgan fingerprint density at radius 2 is 2.08 bits per heavy atom. The van der Waals surface area contributed by atoms with Gasteiger partial charge in [0, 0.05) is 20.1 Å². The van der Waals surface area contributed by atoms with Gasteiger partial charge in [-0.2, -0.15) is 0 Å². The zero-order valence-electron chi connectivity index (χ0n) is 14.8. The first-order chi connectivity index (χ1) is 11.6. The summed E-state index contributed by atoms with van der Waals surface area (Å²) in [7, 11) is 1.75. The number of carbonyl (C=O) groups excluding carboxylic acids is 1. The van der Waals surface area contributed by atoms with Crippen molar-refractivity contribution in [2.45, 2.75) is 39.3 Å². The van der Waals surface area contributed by atoms with Crippen LogP contribution in [-0.4, -0.2) is 38.3 Å². The largest absolute Gasteiger partial charge is 0.450 e. The van der Waals surface area contributed by atoms with Crippen LogP contribution >= 0.6 is 0 Å². The van der Waals surface area contributed by atoms with Gasteiger partial charge in [-0.3, -0.25) is 4.99 Å². The molecule has 132 valence electrons. The summed E-state index contributed by atoms with van der Waals surface area (Å²) < 4.78 is 4.98. The molecule has 1 saturated carbocycles. The molecular weight excluding hydrogens is 304 g/mol. The average Bonchev–Trinajstić information content (AvgIpc) is 3.40. The van der Waals surface area contributed by atoms with E-state index in [1.807, 2.05) is 12.1 Å². The fourth-order valence-electron chi connectivity index (χ4n) is 2.57. The van der Waals surface area contributed by atoms with E-state index in [1.165, 1.54) is 11.1 Å². The van der Waals surface area contributed by atoms with E-state index in [1.54, 1.807) is 14.0 Å². The molecule has 1 aromatic rings. The number of hydrogen-bond donors (Lipinski definition) is 3. The van der Waals surface area contributed by atoms with Crippen LogP contribution in [0.1, 0.15) is 30.9 Å². The van der Waals surface area contributed by atoms with Gasteiger partial charge in [-0.25, -0.2) is 4.79 Å². The maximum absolute atomic E-state index is 11.6. The average molecular weight is 332 g/mol. The molecule has 24 heavy (non-hydrogen) atoms. The first kappa shape index (κ1) is 18.1. The molecule has 3 N–H and O–H groups in total. The van der Waals surface area contributed by atoms with E-state index in [2.05, 4.69) is 40.0 Å². The maximum atomic E-state index is 11.6. The molecule has 1 aromatic carbocycles. The number of rotatable bonds is 7. The van der Waals surface area contributed by atoms with Crippen LogP contribution in [0.15, 0.2) is 29.3 Å². The Morgan fingerprint density at radius 3 is 2.71 bits per heavy atom. The van der Waals surface area contributed by atoms with Crippen LogP contribution in [0, 0.1) is 12.8 Å². The summed E-state index contributed by atoms with van der Waals surface area (Å²) >= 11 is 0. The second kappa shape index (κ2) is 9.15. The molecule has 0 aromatic heterocycles. The lowest BCUT2D eigenvalue weighted by Crippen LogP contribution is -2.48. The van der Waals surface area contributed by atoms with E-state index in [4.69, 9.17) is 4.74 Å². The van der Waals surface area contributed by atoms with Crippen molar-refractivity contribution in [3.05, 3.63) is 35.4 Å². The molecule has 2 rings (SSSR count). The molecule has 1 aliphatic rings. The molecule has 0 heterocycles. The number of amides is 1. The van der Waals surface area contributed by atoms with Crippen molar-refractivity contribution in [2.75, 3.05) is 20.2 Å². The molecule has 0 saturated heterocycles. The molecule has 1 amide bonds. The number of ether oxygens (including phenoxy) is 1. The molecule has 1 aliphatic carbocycles. The summed E-state index contributed by atoms with van der Waals surface area (Å²) in [5.41, 5.74) is 2.49. The van der Waals surface area contributed by atoms with E-state index < -0.39 is 0 Å². The molecule has 1 atom stereocenters. The van der Waals surface area contributed by atoms with Crippen LogP contribution in [0.5, 0.6) is 0 Å². The number of aliphatic imine (C=N–C) groups is 1. The second-order valence-electron chi connectivity index (χ2n) is 6.04. The Labute approximate surface area is 144 Å². The first-order valence-corrected chi connectivity index (χ1v) is 8.56. The van der Waals surface area contributed by atoms with Crippen molar-refractivity contribution in [3.8, 4) is 0 Å². The Balaban J connectivity index is 1.81. The minimum absolute atomic E-state index is 0.0704. The molecule has 6 nitrogen and oxygen atoms in total. The molecule has 0 spiro atoms. The lowest BCUT2D eigenvalue weighted by molar-refractivity contribution is 0.146. The Bertz CT molecular complexity index is 570. The van der Waals surface area contributed by atoms with Crippen LogP contribution < -0.4 is 16.0 Å². The third-order valence-corrected chi connectivity index (χ3v) is 4.19. The molecule has 0 aliphatic heterocycles. The highest BCUT2D eigenvalue weighted by Crippen LogP contribution is 2.32. The quantitative estimate of drug-likeness (QED) is 0.528. The minimum Gasteiger partial charge on any atom is -0.450 e. The Hall–Kier alpha value is -2.24. The Morgan fingerprint density at radius 1 is 1.33 bits per heavy atom. The monoisotopic (exact) mass is 332 g/mol. The molecule has 1 fully saturated rings. The number of hydrogen-bond acceptors (Lipinski definition) is 3. The van der Waals surface area contributed by atoms with Gasteiger partial charge in [0.2, 0.25) is 0 Å². The smallest absolute Gasteiger partial charge is 0.407 e. The summed E-state index contributed by atoms with van der Waals surface area (Å²) in [5, 5.41) is 9.55. The lowest BCUT2D eigenvalue weighted by Gasteiger charge is -2.20. The van der Waals surface area contributed by atoms with Crippen molar-refractivity contribution in [1.29, 1.82) is 0 Å². The molecule has 0 bridgehead atoms. The van der Waals surface area contributed by atoms with Gasteiger partial charge in [-0.05, 0) is 43.7 Å². The van der Waals surface area contributed by atoms with Crippen molar-refractivity contribution < 1.29 is 9.53 Å². The normalized spacial score (nSPS) is 15.5. The van der Waals surface area contributed by atoms with Crippen molar-refractivity contribution >= 4 is 12.1 Å². The number of carbonyl (C=O) groups is 1. The van der Waals surface area contributed by atoms with Gasteiger partial charge in [0.05, 0.1) is 12.6 Å². The van der Waals surface area contributed by atoms with Gasteiger partial charge in [0.1, 0.15) is 0 Å². The number of nitrogens with zero attached hydrogens (tertiary/aromatic N) is 1. The van der Waals surface area contributed by atoms with Crippen molar-refractivity contribution in [3.63, 3.8) is 0 Å². The van der Waals surface area contributed by atoms with Gasteiger partial charge < -0.3 is 20.7 Å². The highest BCUT2D eigenvalue weighted by Gasteiger charge is 2.32. The van der Waals surface area contributed by atoms with Gasteiger partial charge in [-0.15, -0.1) is 0 Å².